The molecule has 0 amide bonds. The van der Waals surface area contributed by atoms with Gasteiger partial charge in [-0.05, 0) is 29.8 Å². The Balaban J connectivity index is 1.78. The molecule has 0 saturated heterocycles. The largest absolute Gasteiger partial charge is 0.355 e. The summed E-state index contributed by atoms with van der Waals surface area (Å²) in [5.74, 6) is 0.0592. The summed E-state index contributed by atoms with van der Waals surface area (Å²) in [4.78, 5) is 21.3. The summed E-state index contributed by atoms with van der Waals surface area (Å²) >= 11 is 13.5. The number of thioether (sulfide) groups is 1. The van der Waals surface area contributed by atoms with E-state index in [4.69, 9.17) is 23.2 Å². The fourth-order valence-corrected chi connectivity index (χ4v) is 4.00. The molecular formula is C20H12Cl2FN3OS. The minimum atomic E-state index is -0.727. The number of nitrogens with zero attached hydrogens (tertiary/aromatic N) is 3. The van der Waals surface area contributed by atoms with E-state index in [1.54, 1.807) is 17.8 Å². The number of benzene rings is 2. The summed E-state index contributed by atoms with van der Waals surface area (Å²) < 4.78 is 15.1. The average molecular weight is 432 g/mol. The lowest BCUT2D eigenvalue weighted by Crippen LogP contribution is -2.23. The van der Waals surface area contributed by atoms with Crippen molar-refractivity contribution in [3.63, 3.8) is 0 Å². The lowest BCUT2D eigenvalue weighted by atomic mass is 10.2. The van der Waals surface area contributed by atoms with Crippen molar-refractivity contribution in [2.75, 3.05) is 0 Å². The summed E-state index contributed by atoms with van der Waals surface area (Å²) in [6.07, 6.45) is 0. The van der Waals surface area contributed by atoms with Gasteiger partial charge in [0.05, 0.1) is 11.1 Å². The van der Waals surface area contributed by atoms with Crippen molar-refractivity contribution in [1.29, 1.82) is 0 Å². The van der Waals surface area contributed by atoms with Crippen LogP contribution in [0.4, 0.5) is 4.39 Å². The van der Waals surface area contributed by atoms with Crippen LogP contribution in [0.1, 0.15) is 5.56 Å². The van der Waals surface area contributed by atoms with E-state index < -0.39 is 11.5 Å². The van der Waals surface area contributed by atoms with Crippen LogP contribution in [0.5, 0.6) is 0 Å². The summed E-state index contributed by atoms with van der Waals surface area (Å²) in [7, 11) is 0. The molecule has 0 atom stereocenters. The van der Waals surface area contributed by atoms with Gasteiger partial charge in [-0.2, -0.15) is 4.98 Å². The monoisotopic (exact) mass is 431 g/mol. The first-order chi connectivity index (χ1) is 13.5. The van der Waals surface area contributed by atoms with Crippen LogP contribution in [0.2, 0.25) is 10.3 Å². The van der Waals surface area contributed by atoms with E-state index in [0.29, 0.717) is 5.69 Å². The van der Waals surface area contributed by atoms with E-state index in [1.165, 1.54) is 10.1 Å². The Morgan fingerprint density at radius 2 is 1.75 bits per heavy atom. The predicted octanol–water partition coefficient (Wildman–Crippen LogP) is 5.52. The molecule has 4 rings (SSSR count). The summed E-state index contributed by atoms with van der Waals surface area (Å²) in [5.41, 5.74) is 1.28. The second-order valence-corrected chi connectivity index (χ2v) is 7.69. The molecule has 4 nitrogen and oxygen atoms in total. The first kappa shape index (κ1) is 18.9. The van der Waals surface area contributed by atoms with E-state index in [-0.39, 0.29) is 21.3 Å². The van der Waals surface area contributed by atoms with Crippen molar-refractivity contribution in [3.8, 4) is 5.69 Å². The number of aromatic nitrogens is 3. The third-order valence-corrected chi connectivity index (χ3v) is 5.67. The van der Waals surface area contributed by atoms with E-state index in [2.05, 4.69) is 22.1 Å². The number of pyridine rings is 1. The fourth-order valence-electron chi connectivity index (χ4n) is 2.75. The molecule has 0 fully saturated rings. The summed E-state index contributed by atoms with van der Waals surface area (Å²) in [6.45, 7) is 0. The molecule has 0 radical (unpaired) electrons. The van der Waals surface area contributed by atoms with Gasteiger partial charge in [0.1, 0.15) is 5.15 Å². The van der Waals surface area contributed by atoms with Crippen LogP contribution in [0, 0.1) is 5.82 Å². The first-order valence-corrected chi connectivity index (χ1v) is 9.98. The van der Waals surface area contributed by atoms with Crippen molar-refractivity contribution in [3.05, 3.63) is 92.8 Å². The maximum atomic E-state index is 13.8. The molecule has 0 aliphatic heterocycles. The Bertz CT molecular complexity index is 1230. The highest BCUT2D eigenvalue weighted by atomic mass is 35.5. The number of fused-ring (bicyclic) bond motifs is 1. The third kappa shape index (κ3) is 3.76. The Kier molecular flexibility index (Phi) is 5.35. The quantitative estimate of drug-likeness (QED) is 0.242. The van der Waals surface area contributed by atoms with Crippen molar-refractivity contribution in [1.82, 2.24) is 14.5 Å². The maximum Gasteiger partial charge on any atom is 0.355 e. The van der Waals surface area contributed by atoms with Crippen molar-refractivity contribution in [2.45, 2.75) is 10.6 Å². The van der Waals surface area contributed by atoms with Gasteiger partial charge < -0.3 is 0 Å². The van der Waals surface area contributed by atoms with Gasteiger partial charge in [-0.25, -0.2) is 18.7 Å². The summed E-state index contributed by atoms with van der Waals surface area (Å²) in [6, 6.07) is 18.6. The molecule has 0 saturated carbocycles. The molecule has 2 aromatic heterocycles. The average Bonchev–Trinajstić information content (AvgIpc) is 2.69. The van der Waals surface area contributed by atoms with E-state index in [9.17, 15) is 9.18 Å². The van der Waals surface area contributed by atoms with Crippen LogP contribution in [0.25, 0.3) is 16.7 Å². The van der Waals surface area contributed by atoms with Crippen LogP contribution >= 0.6 is 35.0 Å². The SMILES string of the molecule is O=c1nc(Cl)c2cc(F)c(Cl)nc2n1-c1cccc(SCc2ccccc2)c1. The highest BCUT2D eigenvalue weighted by molar-refractivity contribution is 7.98. The minimum Gasteiger partial charge on any atom is -0.245 e. The Hall–Kier alpha value is -2.41. The van der Waals surface area contributed by atoms with Gasteiger partial charge in [0.2, 0.25) is 0 Å². The molecule has 0 spiro atoms. The van der Waals surface area contributed by atoms with Crippen LogP contribution in [0.15, 0.2) is 70.4 Å². The zero-order chi connectivity index (χ0) is 19.7. The normalized spacial score (nSPS) is 11.1. The Labute approximate surface area is 174 Å². The maximum absolute atomic E-state index is 13.8. The van der Waals surface area contributed by atoms with Gasteiger partial charge in [-0.15, -0.1) is 11.8 Å². The molecule has 8 heteroatoms. The molecule has 4 aromatic rings. The number of rotatable bonds is 4. The molecule has 0 unspecified atom stereocenters. The van der Waals surface area contributed by atoms with Gasteiger partial charge in [0, 0.05) is 10.6 Å². The van der Waals surface area contributed by atoms with Crippen molar-refractivity contribution < 1.29 is 4.39 Å². The minimum absolute atomic E-state index is 0.117. The molecule has 2 aromatic carbocycles. The van der Waals surface area contributed by atoms with Crippen LogP contribution in [0.3, 0.4) is 0 Å². The second kappa shape index (κ2) is 7.91. The van der Waals surface area contributed by atoms with E-state index in [1.807, 2.05) is 36.4 Å². The van der Waals surface area contributed by atoms with Crippen LogP contribution in [-0.2, 0) is 5.75 Å². The van der Waals surface area contributed by atoms with Crippen LogP contribution < -0.4 is 5.69 Å². The number of hydrogen-bond acceptors (Lipinski definition) is 4. The van der Waals surface area contributed by atoms with E-state index in [0.717, 1.165) is 16.7 Å². The van der Waals surface area contributed by atoms with Gasteiger partial charge in [-0.1, -0.05) is 59.6 Å². The number of halogens is 3. The Morgan fingerprint density at radius 1 is 0.964 bits per heavy atom. The molecule has 140 valence electrons. The topological polar surface area (TPSA) is 47.8 Å². The fraction of sp³-hybridized carbons (Fsp3) is 0.0500. The number of hydrogen-bond donors (Lipinski definition) is 0. The molecule has 0 bridgehead atoms. The smallest absolute Gasteiger partial charge is 0.245 e. The van der Waals surface area contributed by atoms with Gasteiger partial charge in [0.15, 0.2) is 16.6 Å². The molecule has 0 N–H and O–H groups in total. The van der Waals surface area contributed by atoms with Crippen LogP contribution in [-0.4, -0.2) is 14.5 Å². The third-order valence-electron chi connectivity index (χ3n) is 4.06. The standard InChI is InChI=1S/C20H12Cl2FN3OS/c21-17-15-10-16(23)18(22)24-19(15)26(20(27)25-17)13-7-4-8-14(9-13)28-11-12-5-2-1-3-6-12/h1-10H,11H2. The zero-order valence-corrected chi connectivity index (χ0v) is 16.6. The summed E-state index contributed by atoms with van der Waals surface area (Å²) in [5, 5.41) is -0.239. The second-order valence-electron chi connectivity index (χ2n) is 5.92. The van der Waals surface area contributed by atoms with Crippen molar-refractivity contribution in [2.24, 2.45) is 0 Å². The highest BCUT2D eigenvalue weighted by Crippen LogP contribution is 2.27. The Morgan fingerprint density at radius 3 is 2.54 bits per heavy atom. The predicted molar refractivity (Wildman–Crippen MR) is 111 cm³/mol. The zero-order valence-electron chi connectivity index (χ0n) is 14.3. The van der Waals surface area contributed by atoms with Gasteiger partial charge in [-0.3, -0.25) is 0 Å². The first-order valence-electron chi connectivity index (χ1n) is 8.24. The lowest BCUT2D eigenvalue weighted by molar-refractivity contribution is 0.624. The molecule has 2 heterocycles. The van der Waals surface area contributed by atoms with Crippen molar-refractivity contribution >= 4 is 46.0 Å². The molecule has 0 aliphatic carbocycles. The van der Waals surface area contributed by atoms with E-state index >= 15 is 0 Å². The molecule has 0 aliphatic rings. The highest BCUT2D eigenvalue weighted by Gasteiger charge is 2.15. The van der Waals surface area contributed by atoms with Gasteiger partial charge in [0.25, 0.3) is 0 Å². The lowest BCUT2D eigenvalue weighted by Gasteiger charge is -2.11. The molecule has 28 heavy (non-hydrogen) atoms. The molecular weight excluding hydrogens is 420 g/mol. The van der Waals surface area contributed by atoms with Gasteiger partial charge >= 0.3 is 5.69 Å².